The summed E-state index contributed by atoms with van der Waals surface area (Å²) in [6, 6.07) is 9.19. The number of carbonyl (C=O) groups excluding carboxylic acids is 2. The van der Waals surface area contributed by atoms with Crippen molar-refractivity contribution in [2.75, 3.05) is 17.2 Å². The van der Waals surface area contributed by atoms with E-state index in [9.17, 15) is 22.4 Å². The first-order valence-electron chi connectivity index (χ1n) is 9.36. The van der Waals surface area contributed by atoms with Gasteiger partial charge in [0, 0.05) is 24.3 Å². The van der Waals surface area contributed by atoms with Crippen LogP contribution in [-0.4, -0.2) is 37.1 Å². The molecule has 0 saturated carbocycles. The maximum absolute atomic E-state index is 13.4. The number of sulfonamides is 1. The molecule has 4 rings (SSSR count). The van der Waals surface area contributed by atoms with E-state index in [0.717, 1.165) is 5.56 Å². The summed E-state index contributed by atoms with van der Waals surface area (Å²) < 4.78 is 41.0. The number of amides is 2. The predicted molar refractivity (Wildman–Crippen MR) is 105 cm³/mol. The van der Waals surface area contributed by atoms with Gasteiger partial charge in [0.25, 0.3) is 0 Å². The van der Waals surface area contributed by atoms with Gasteiger partial charge < -0.3 is 10.6 Å². The Bertz CT molecular complexity index is 1090. The maximum atomic E-state index is 13.4. The van der Waals surface area contributed by atoms with Gasteiger partial charge in [0.1, 0.15) is 11.9 Å². The van der Waals surface area contributed by atoms with Crippen LogP contribution in [0.3, 0.4) is 0 Å². The van der Waals surface area contributed by atoms with Gasteiger partial charge in [-0.2, -0.15) is 4.31 Å². The Morgan fingerprint density at radius 3 is 2.79 bits per heavy atom. The molecule has 0 bridgehead atoms. The van der Waals surface area contributed by atoms with Crippen LogP contribution in [0.2, 0.25) is 0 Å². The van der Waals surface area contributed by atoms with Gasteiger partial charge in [-0.1, -0.05) is 6.07 Å². The van der Waals surface area contributed by atoms with Crippen LogP contribution in [0.4, 0.5) is 15.8 Å². The topological polar surface area (TPSA) is 95.6 Å². The number of carbonyl (C=O) groups is 2. The van der Waals surface area contributed by atoms with Crippen LogP contribution in [-0.2, 0) is 26.0 Å². The number of nitrogens with zero attached hydrogens (tertiary/aromatic N) is 1. The van der Waals surface area contributed by atoms with Crippen LogP contribution in [0.15, 0.2) is 47.4 Å². The van der Waals surface area contributed by atoms with Crippen molar-refractivity contribution in [3.63, 3.8) is 0 Å². The van der Waals surface area contributed by atoms with Crippen LogP contribution in [0.25, 0.3) is 0 Å². The first kappa shape index (κ1) is 19.5. The fourth-order valence-electron chi connectivity index (χ4n) is 3.74. The monoisotopic (exact) mass is 417 g/mol. The first-order chi connectivity index (χ1) is 13.8. The Hall–Kier alpha value is -2.78. The minimum absolute atomic E-state index is 0.0952. The zero-order valence-corrected chi connectivity index (χ0v) is 16.3. The summed E-state index contributed by atoms with van der Waals surface area (Å²) in [5.74, 6) is -1.07. The molecule has 7 nitrogen and oxygen atoms in total. The van der Waals surface area contributed by atoms with Crippen molar-refractivity contribution in [1.82, 2.24) is 4.31 Å². The summed E-state index contributed by atoms with van der Waals surface area (Å²) in [6.07, 6.45) is 1.72. The van der Waals surface area contributed by atoms with E-state index in [1.807, 2.05) is 0 Å². The Morgan fingerprint density at radius 1 is 1.17 bits per heavy atom. The lowest BCUT2D eigenvalue weighted by Crippen LogP contribution is -2.43. The van der Waals surface area contributed by atoms with Crippen molar-refractivity contribution < 1.29 is 22.4 Å². The van der Waals surface area contributed by atoms with Gasteiger partial charge in [-0.3, -0.25) is 9.59 Å². The van der Waals surface area contributed by atoms with Gasteiger partial charge in [-0.15, -0.1) is 0 Å². The summed E-state index contributed by atoms with van der Waals surface area (Å²) in [4.78, 5) is 24.3. The summed E-state index contributed by atoms with van der Waals surface area (Å²) in [5, 5.41) is 5.33. The average molecular weight is 417 g/mol. The highest BCUT2D eigenvalue weighted by Crippen LogP contribution is 2.31. The van der Waals surface area contributed by atoms with E-state index in [-0.39, 0.29) is 23.0 Å². The number of anilines is 2. The number of benzene rings is 2. The smallest absolute Gasteiger partial charge is 0.243 e. The molecule has 2 aliphatic heterocycles. The molecule has 2 N–H and O–H groups in total. The van der Waals surface area contributed by atoms with Crippen molar-refractivity contribution in [3.05, 3.63) is 53.8 Å². The van der Waals surface area contributed by atoms with Crippen molar-refractivity contribution in [2.24, 2.45) is 0 Å². The molecular formula is C20H20FN3O4S. The highest BCUT2D eigenvalue weighted by Gasteiger charge is 2.39. The van der Waals surface area contributed by atoms with Crippen LogP contribution in [0.1, 0.15) is 24.8 Å². The molecule has 0 aliphatic carbocycles. The summed E-state index contributed by atoms with van der Waals surface area (Å²) in [7, 11) is -3.89. The third-order valence-electron chi connectivity index (χ3n) is 5.18. The predicted octanol–water partition coefficient (Wildman–Crippen LogP) is 2.50. The average Bonchev–Trinajstić information content (AvgIpc) is 3.18. The van der Waals surface area contributed by atoms with Gasteiger partial charge in [-0.25, -0.2) is 12.8 Å². The van der Waals surface area contributed by atoms with Crippen LogP contribution in [0, 0.1) is 5.82 Å². The molecule has 2 aliphatic rings. The second-order valence-electron chi connectivity index (χ2n) is 7.14. The molecule has 152 valence electrons. The van der Waals surface area contributed by atoms with E-state index >= 15 is 0 Å². The lowest BCUT2D eigenvalue weighted by Gasteiger charge is -2.24. The third-order valence-corrected chi connectivity index (χ3v) is 7.08. The van der Waals surface area contributed by atoms with E-state index in [4.69, 9.17) is 0 Å². The van der Waals surface area contributed by atoms with E-state index < -0.39 is 27.8 Å². The van der Waals surface area contributed by atoms with Crippen molar-refractivity contribution in [2.45, 2.75) is 36.6 Å². The number of nitrogens with one attached hydrogen (secondary N) is 2. The first-order valence-corrected chi connectivity index (χ1v) is 10.8. The van der Waals surface area contributed by atoms with Gasteiger partial charge in [0.2, 0.25) is 21.8 Å². The van der Waals surface area contributed by atoms with E-state index in [1.165, 1.54) is 28.6 Å². The van der Waals surface area contributed by atoms with Crippen LogP contribution in [0.5, 0.6) is 0 Å². The number of halogens is 1. The second kappa shape index (κ2) is 7.57. The lowest BCUT2D eigenvalue weighted by molar-refractivity contribution is -0.119. The number of hydrogen-bond acceptors (Lipinski definition) is 4. The standard InChI is InChI=1S/C20H20FN3O4S/c21-14-3-1-4-15(12-14)22-20(26)18-5-2-10-24(18)29(27,28)16-7-8-17-13(11-16)6-9-19(25)23-17/h1,3-4,7-8,11-12,18H,2,5-6,9-10H2,(H,22,26)(H,23,25). The van der Waals surface area contributed by atoms with E-state index in [1.54, 1.807) is 18.2 Å². The van der Waals surface area contributed by atoms with Crippen molar-refractivity contribution in [3.8, 4) is 0 Å². The van der Waals surface area contributed by atoms with Gasteiger partial charge in [0.05, 0.1) is 4.90 Å². The molecule has 2 heterocycles. The van der Waals surface area contributed by atoms with Crippen LogP contribution < -0.4 is 10.6 Å². The SMILES string of the molecule is O=C1CCc2cc(S(=O)(=O)N3CCCC3C(=O)Nc3cccc(F)c3)ccc2N1. The Kier molecular flexibility index (Phi) is 5.10. The Balaban J connectivity index is 1.57. The molecular weight excluding hydrogens is 397 g/mol. The lowest BCUT2D eigenvalue weighted by atomic mass is 10.0. The molecule has 0 spiro atoms. The number of fused-ring (bicyclic) bond motifs is 1. The molecule has 2 aromatic carbocycles. The van der Waals surface area contributed by atoms with Crippen LogP contribution >= 0.6 is 0 Å². The number of rotatable bonds is 4. The highest BCUT2D eigenvalue weighted by molar-refractivity contribution is 7.89. The molecule has 2 amide bonds. The number of hydrogen-bond donors (Lipinski definition) is 2. The summed E-state index contributed by atoms with van der Waals surface area (Å²) >= 11 is 0. The zero-order chi connectivity index (χ0) is 20.6. The van der Waals surface area contributed by atoms with Gasteiger partial charge in [0.15, 0.2) is 0 Å². The molecule has 29 heavy (non-hydrogen) atoms. The third kappa shape index (κ3) is 3.88. The zero-order valence-electron chi connectivity index (χ0n) is 15.5. The fraction of sp³-hybridized carbons (Fsp3) is 0.300. The molecule has 0 aromatic heterocycles. The van der Waals surface area contributed by atoms with Crippen molar-refractivity contribution in [1.29, 1.82) is 0 Å². The summed E-state index contributed by atoms with van der Waals surface area (Å²) in [5.41, 5.74) is 1.65. The summed E-state index contributed by atoms with van der Waals surface area (Å²) in [6.45, 7) is 0.234. The molecule has 1 unspecified atom stereocenters. The Labute approximate surface area is 168 Å². The second-order valence-corrected chi connectivity index (χ2v) is 9.03. The quantitative estimate of drug-likeness (QED) is 0.799. The fourth-order valence-corrected chi connectivity index (χ4v) is 5.44. The normalized spacial score (nSPS) is 19.5. The van der Waals surface area contributed by atoms with Crippen molar-refractivity contribution >= 4 is 33.2 Å². The molecule has 0 radical (unpaired) electrons. The minimum Gasteiger partial charge on any atom is -0.326 e. The molecule has 2 aromatic rings. The molecule has 1 atom stereocenters. The molecule has 1 fully saturated rings. The largest absolute Gasteiger partial charge is 0.326 e. The Morgan fingerprint density at radius 2 is 2.00 bits per heavy atom. The van der Waals surface area contributed by atoms with E-state index in [0.29, 0.717) is 31.4 Å². The number of aryl methyl sites for hydroxylation is 1. The van der Waals surface area contributed by atoms with Gasteiger partial charge >= 0.3 is 0 Å². The minimum atomic E-state index is -3.89. The van der Waals surface area contributed by atoms with Gasteiger partial charge in [-0.05, 0) is 61.2 Å². The van der Waals surface area contributed by atoms with E-state index in [2.05, 4.69) is 10.6 Å². The highest BCUT2D eigenvalue weighted by atomic mass is 32.2. The molecule has 9 heteroatoms. The maximum Gasteiger partial charge on any atom is 0.243 e. The molecule has 1 saturated heterocycles.